The van der Waals surface area contributed by atoms with Gasteiger partial charge in [0.05, 0.1) is 6.54 Å². The van der Waals surface area contributed by atoms with E-state index in [-0.39, 0.29) is 30.9 Å². The minimum absolute atomic E-state index is 0.0153. The van der Waals surface area contributed by atoms with Crippen molar-refractivity contribution in [2.24, 2.45) is 0 Å². The Hall–Kier alpha value is -2.12. The molecule has 0 atom stereocenters. The average molecular weight is 240 g/mol. The molecule has 0 unspecified atom stereocenters. The first kappa shape index (κ1) is 12.9. The second kappa shape index (κ2) is 5.28. The maximum Gasteiger partial charge on any atom is 0.244 e. The van der Waals surface area contributed by atoms with E-state index in [4.69, 9.17) is 5.73 Å². The molecule has 2 N–H and O–H groups in total. The highest BCUT2D eigenvalue weighted by molar-refractivity contribution is 5.84. The summed E-state index contributed by atoms with van der Waals surface area (Å²) in [5.74, 6) is -0.256. The SMILES string of the molecule is CN(C)C(=O)CN(C)C(=O)Cn1cnc(N)n1. The molecule has 0 aliphatic carbocycles. The molecular formula is C9H16N6O2. The molecular weight excluding hydrogens is 224 g/mol. The van der Waals surface area contributed by atoms with Crippen molar-refractivity contribution in [1.82, 2.24) is 24.6 Å². The molecule has 0 aliphatic heterocycles. The fourth-order valence-electron chi connectivity index (χ4n) is 1.08. The van der Waals surface area contributed by atoms with Crippen LogP contribution >= 0.6 is 0 Å². The average Bonchev–Trinajstić information content (AvgIpc) is 2.63. The zero-order valence-corrected chi connectivity index (χ0v) is 10.1. The monoisotopic (exact) mass is 240 g/mol. The van der Waals surface area contributed by atoms with Crippen LogP contribution in [0.3, 0.4) is 0 Å². The molecule has 1 aromatic heterocycles. The van der Waals surface area contributed by atoms with Gasteiger partial charge in [-0.25, -0.2) is 9.67 Å². The summed E-state index contributed by atoms with van der Waals surface area (Å²) in [4.78, 5) is 29.6. The molecule has 8 heteroatoms. The number of amides is 2. The van der Waals surface area contributed by atoms with Crippen molar-refractivity contribution >= 4 is 17.8 Å². The zero-order chi connectivity index (χ0) is 13.0. The van der Waals surface area contributed by atoms with Gasteiger partial charge in [0.25, 0.3) is 0 Å². The van der Waals surface area contributed by atoms with Crippen LogP contribution in [0.2, 0.25) is 0 Å². The normalized spacial score (nSPS) is 10.1. The third kappa shape index (κ3) is 3.74. The minimum atomic E-state index is -0.231. The third-order valence-corrected chi connectivity index (χ3v) is 2.15. The lowest BCUT2D eigenvalue weighted by Gasteiger charge is -2.18. The van der Waals surface area contributed by atoms with Crippen LogP contribution in [0.1, 0.15) is 0 Å². The molecule has 0 saturated carbocycles. The van der Waals surface area contributed by atoms with E-state index in [1.54, 1.807) is 21.1 Å². The number of nitrogens with zero attached hydrogens (tertiary/aromatic N) is 5. The third-order valence-electron chi connectivity index (χ3n) is 2.15. The second-order valence-electron chi connectivity index (χ2n) is 3.84. The number of aromatic nitrogens is 3. The van der Waals surface area contributed by atoms with Gasteiger partial charge in [0.1, 0.15) is 12.9 Å². The smallest absolute Gasteiger partial charge is 0.244 e. The van der Waals surface area contributed by atoms with Gasteiger partial charge in [-0.2, -0.15) is 0 Å². The summed E-state index contributed by atoms with van der Waals surface area (Å²) in [6.45, 7) is 0.0530. The highest BCUT2D eigenvalue weighted by Gasteiger charge is 2.14. The van der Waals surface area contributed by atoms with Gasteiger partial charge in [-0.05, 0) is 0 Å². The van der Waals surface area contributed by atoms with E-state index in [0.29, 0.717) is 0 Å². The lowest BCUT2D eigenvalue weighted by Crippen LogP contribution is -2.39. The molecule has 0 aliphatic rings. The lowest BCUT2D eigenvalue weighted by atomic mass is 10.4. The summed E-state index contributed by atoms with van der Waals surface area (Å²) in [6.07, 6.45) is 1.37. The molecule has 1 aromatic rings. The molecule has 94 valence electrons. The summed E-state index contributed by atoms with van der Waals surface area (Å²) in [7, 11) is 4.83. The summed E-state index contributed by atoms with van der Waals surface area (Å²) >= 11 is 0. The van der Waals surface area contributed by atoms with Crippen molar-refractivity contribution in [1.29, 1.82) is 0 Å². The van der Waals surface area contributed by atoms with Crippen molar-refractivity contribution in [3.8, 4) is 0 Å². The van der Waals surface area contributed by atoms with Crippen molar-refractivity contribution in [3.05, 3.63) is 6.33 Å². The van der Waals surface area contributed by atoms with Crippen LogP contribution in [0, 0.1) is 0 Å². The number of carbonyl (C=O) groups excluding carboxylic acids is 2. The Kier molecular flexibility index (Phi) is 4.02. The highest BCUT2D eigenvalue weighted by atomic mass is 16.2. The van der Waals surface area contributed by atoms with Crippen molar-refractivity contribution < 1.29 is 9.59 Å². The number of rotatable bonds is 4. The van der Waals surface area contributed by atoms with Gasteiger partial charge in [-0.15, -0.1) is 5.10 Å². The van der Waals surface area contributed by atoms with Crippen molar-refractivity contribution in [2.45, 2.75) is 6.54 Å². The number of hydrogen-bond donors (Lipinski definition) is 1. The molecule has 0 radical (unpaired) electrons. The van der Waals surface area contributed by atoms with Crippen molar-refractivity contribution in [3.63, 3.8) is 0 Å². The van der Waals surface area contributed by atoms with Crippen LogP contribution in [0.15, 0.2) is 6.33 Å². The van der Waals surface area contributed by atoms with Crippen LogP contribution in [0.4, 0.5) is 5.95 Å². The predicted molar refractivity (Wildman–Crippen MR) is 60.8 cm³/mol. The quantitative estimate of drug-likeness (QED) is 0.684. The number of nitrogens with two attached hydrogens (primary N) is 1. The van der Waals surface area contributed by atoms with Gasteiger partial charge in [0, 0.05) is 21.1 Å². The Balaban J connectivity index is 2.50. The number of nitrogen functional groups attached to an aromatic ring is 1. The van der Waals surface area contributed by atoms with Crippen LogP contribution in [-0.2, 0) is 16.1 Å². The fraction of sp³-hybridized carbons (Fsp3) is 0.556. The number of carbonyl (C=O) groups is 2. The molecule has 0 aromatic carbocycles. The first-order valence-corrected chi connectivity index (χ1v) is 4.99. The van der Waals surface area contributed by atoms with E-state index < -0.39 is 0 Å². The molecule has 1 heterocycles. The van der Waals surface area contributed by atoms with Crippen LogP contribution < -0.4 is 5.73 Å². The summed E-state index contributed by atoms with van der Waals surface area (Å²) in [5, 5.41) is 3.79. The van der Waals surface area contributed by atoms with Crippen LogP contribution in [0.25, 0.3) is 0 Å². The van der Waals surface area contributed by atoms with Gasteiger partial charge < -0.3 is 15.5 Å². The number of likely N-dealkylation sites (N-methyl/N-ethyl adjacent to an activating group) is 2. The van der Waals surface area contributed by atoms with E-state index in [1.807, 2.05) is 0 Å². The fourth-order valence-corrected chi connectivity index (χ4v) is 1.08. The molecule has 17 heavy (non-hydrogen) atoms. The highest BCUT2D eigenvalue weighted by Crippen LogP contribution is 1.94. The van der Waals surface area contributed by atoms with E-state index in [1.165, 1.54) is 20.8 Å². The van der Waals surface area contributed by atoms with Gasteiger partial charge in [-0.3, -0.25) is 9.59 Å². The molecule has 0 spiro atoms. The zero-order valence-electron chi connectivity index (χ0n) is 10.1. The lowest BCUT2D eigenvalue weighted by molar-refractivity contribution is -0.138. The summed E-state index contributed by atoms with van der Waals surface area (Å²) < 4.78 is 1.33. The molecule has 8 nitrogen and oxygen atoms in total. The van der Waals surface area contributed by atoms with Gasteiger partial charge >= 0.3 is 0 Å². The van der Waals surface area contributed by atoms with E-state index in [2.05, 4.69) is 10.1 Å². The molecule has 0 bridgehead atoms. The van der Waals surface area contributed by atoms with Crippen molar-refractivity contribution in [2.75, 3.05) is 33.4 Å². The van der Waals surface area contributed by atoms with Gasteiger partial charge in [0.15, 0.2) is 0 Å². The van der Waals surface area contributed by atoms with E-state index in [9.17, 15) is 9.59 Å². The Morgan fingerprint density at radius 1 is 1.35 bits per heavy atom. The van der Waals surface area contributed by atoms with Crippen LogP contribution in [0.5, 0.6) is 0 Å². The maximum absolute atomic E-state index is 11.7. The largest absolute Gasteiger partial charge is 0.367 e. The first-order chi connectivity index (χ1) is 7.90. The first-order valence-electron chi connectivity index (χ1n) is 4.99. The Morgan fingerprint density at radius 2 is 2.00 bits per heavy atom. The molecule has 0 fully saturated rings. The Labute approximate surface area is 99.0 Å². The van der Waals surface area contributed by atoms with E-state index in [0.717, 1.165) is 0 Å². The number of anilines is 1. The van der Waals surface area contributed by atoms with Gasteiger partial charge in [0.2, 0.25) is 17.8 Å². The van der Waals surface area contributed by atoms with E-state index >= 15 is 0 Å². The number of hydrogen-bond acceptors (Lipinski definition) is 5. The minimum Gasteiger partial charge on any atom is -0.367 e. The Bertz CT molecular complexity index is 413. The topological polar surface area (TPSA) is 97.4 Å². The second-order valence-corrected chi connectivity index (χ2v) is 3.84. The summed E-state index contributed by atoms with van der Waals surface area (Å²) in [5.41, 5.74) is 5.32. The van der Waals surface area contributed by atoms with Crippen LogP contribution in [-0.4, -0.2) is 64.1 Å². The predicted octanol–water partition coefficient (Wildman–Crippen LogP) is -1.59. The molecule has 2 amide bonds. The maximum atomic E-state index is 11.7. The molecule has 0 saturated heterocycles. The molecule has 1 rings (SSSR count). The Morgan fingerprint density at radius 3 is 2.47 bits per heavy atom. The summed E-state index contributed by atoms with van der Waals surface area (Å²) in [6, 6.07) is 0. The van der Waals surface area contributed by atoms with Gasteiger partial charge in [-0.1, -0.05) is 0 Å². The standard InChI is InChI=1S/C9H16N6O2/c1-13(2)7(16)4-14(3)8(17)5-15-6-11-9(10)12-15/h6H,4-5H2,1-3H3,(H2,10,12).